The summed E-state index contributed by atoms with van der Waals surface area (Å²) in [6.07, 6.45) is 1.63. The monoisotopic (exact) mass is 389 g/mol. The van der Waals surface area contributed by atoms with Crippen molar-refractivity contribution in [2.24, 2.45) is 0 Å². The van der Waals surface area contributed by atoms with Crippen LogP contribution in [0.2, 0.25) is 0 Å². The number of rotatable bonds is 2. The lowest BCUT2D eigenvalue weighted by molar-refractivity contribution is -0.162. The van der Waals surface area contributed by atoms with Crippen molar-refractivity contribution >= 4 is 17.7 Å². The van der Waals surface area contributed by atoms with E-state index in [0.29, 0.717) is 25.2 Å². The van der Waals surface area contributed by atoms with E-state index in [1.807, 2.05) is 54.6 Å². The first-order chi connectivity index (χ1) is 14.1. The van der Waals surface area contributed by atoms with Crippen LogP contribution >= 0.6 is 0 Å². The Morgan fingerprint density at radius 1 is 0.759 bits per heavy atom. The summed E-state index contributed by atoms with van der Waals surface area (Å²) < 4.78 is 0. The zero-order valence-corrected chi connectivity index (χ0v) is 16.2. The van der Waals surface area contributed by atoms with Gasteiger partial charge in [0.2, 0.25) is 11.8 Å². The predicted molar refractivity (Wildman–Crippen MR) is 108 cm³/mol. The standard InChI is InChI=1S/C23H23N3O3/c27-21(18-10-8-17(9-11-18)16-5-2-1-3-6-16)24-13-14-26-20(15-24)23(29)25-12-4-7-19(25)22(26)28/h1-3,5-6,8-11,19-20H,4,7,12-15H2/t19-,20-/m1/s1. The molecule has 6 nitrogen and oxygen atoms in total. The van der Waals surface area contributed by atoms with Gasteiger partial charge in [-0.05, 0) is 36.1 Å². The molecule has 0 N–H and O–H groups in total. The van der Waals surface area contributed by atoms with Crippen molar-refractivity contribution in [2.45, 2.75) is 24.9 Å². The maximum atomic E-state index is 13.0. The highest BCUT2D eigenvalue weighted by molar-refractivity contribution is 5.99. The van der Waals surface area contributed by atoms with Gasteiger partial charge < -0.3 is 14.7 Å². The van der Waals surface area contributed by atoms with Crippen LogP contribution in [-0.2, 0) is 9.59 Å². The SMILES string of the molecule is O=C(c1ccc(-c2ccccc2)cc1)N1CCN2C(=O)[C@H]3CCCN3C(=O)[C@H]2C1. The molecule has 148 valence electrons. The smallest absolute Gasteiger partial charge is 0.253 e. The second-order valence-electron chi connectivity index (χ2n) is 7.93. The van der Waals surface area contributed by atoms with Crippen LogP contribution in [0.1, 0.15) is 23.2 Å². The third kappa shape index (κ3) is 2.99. The third-order valence-corrected chi connectivity index (χ3v) is 6.30. The van der Waals surface area contributed by atoms with Gasteiger partial charge in [-0.25, -0.2) is 0 Å². The zero-order chi connectivity index (χ0) is 20.0. The summed E-state index contributed by atoms with van der Waals surface area (Å²) in [5.41, 5.74) is 2.76. The zero-order valence-electron chi connectivity index (χ0n) is 16.2. The van der Waals surface area contributed by atoms with Crippen LogP contribution < -0.4 is 0 Å². The minimum absolute atomic E-state index is 0.0102. The molecular formula is C23H23N3O3. The van der Waals surface area contributed by atoms with Gasteiger partial charge >= 0.3 is 0 Å². The molecule has 0 bridgehead atoms. The van der Waals surface area contributed by atoms with E-state index in [9.17, 15) is 14.4 Å². The molecule has 3 aliphatic heterocycles. The Hall–Kier alpha value is -3.15. The number of amides is 3. The second kappa shape index (κ2) is 7.03. The number of nitrogens with zero attached hydrogens (tertiary/aromatic N) is 3. The lowest BCUT2D eigenvalue weighted by atomic mass is 10.0. The molecule has 2 aromatic carbocycles. The maximum absolute atomic E-state index is 13.0. The molecule has 0 aromatic heterocycles. The molecule has 0 unspecified atom stereocenters. The number of carbonyl (C=O) groups is 3. The van der Waals surface area contributed by atoms with E-state index in [1.54, 1.807) is 14.7 Å². The quantitative estimate of drug-likeness (QED) is 0.790. The van der Waals surface area contributed by atoms with E-state index in [4.69, 9.17) is 0 Å². The van der Waals surface area contributed by atoms with E-state index in [0.717, 1.165) is 24.0 Å². The van der Waals surface area contributed by atoms with Crippen LogP contribution in [0.25, 0.3) is 11.1 Å². The van der Waals surface area contributed by atoms with E-state index < -0.39 is 6.04 Å². The van der Waals surface area contributed by atoms with Gasteiger partial charge in [-0.2, -0.15) is 0 Å². The fourth-order valence-corrected chi connectivity index (χ4v) is 4.73. The number of carbonyl (C=O) groups excluding carboxylic acids is 3. The Labute approximate surface area is 169 Å². The van der Waals surface area contributed by atoms with Crippen molar-refractivity contribution in [3.05, 3.63) is 60.2 Å². The lowest BCUT2D eigenvalue weighted by Crippen LogP contribution is -2.69. The molecule has 0 saturated carbocycles. The molecule has 2 aromatic rings. The van der Waals surface area contributed by atoms with Crippen LogP contribution in [-0.4, -0.2) is 70.7 Å². The van der Waals surface area contributed by atoms with Gasteiger partial charge in [0.1, 0.15) is 12.1 Å². The summed E-state index contributed by atoms with van der Waals surface area (Å²) in [5, 5.41) is 0. The van der Waals surface area contributed by atoms with Crippen molar-refractivity contribution in [2.75, 3.05) is 26.2 Å². The highest BCUT2D eigenvalue weighted by Gasteiger charge is 2.49. The van der Waals surface area contributed by atoms with Gasteiger partial charge in [0.05, 0.1) is 6.54 Å². The normalized spacial score (nSPS) is 23.8. The summed E-state index contributed by atoms with van der Waals surface area (Å²) in [5.74, 6) is -0.0523. The Bertz CT molecular complexity index is 957. The van der Waals surface area contributed by atoms with Crippen LogP contribution in [0, 0.1) is 0 Å². The van der Waals surface area contributed by atoms with E-state index in [-0.39, 0.29) is 30.3 Å². The molecule has 0 aliphatic carbocycles. The van der Waals surface area contributed by atoms with E-state index >= 15 is 0 Å². The average molecular weight is 389 g/mol. The fourth-order valence-electron chi connectivity index (χ4n) is 4.73. The first kappa shape index (κ1) is 17.9. The largest absolute Gasteiger partial charge is 0.334 e. The maximum Gasteiger partial charge on any atom is 0.253 e. The van der Waals surface area contributed by atoms with Crippen LogP contribution in [0.3, 0.4) is 0 Å². The molecule has 3 aliphatic rings. The molecule has 6 heteroatoms. The van der Waals surface area contributed by atoms with Crippen molar-refractivity contribution in [1.82, 2.24) is 14.7 Å². The van der Waals surface area contributed by atoms with E-state index in [2.05, 4.69) is 0 Å². The molecule has 3 saturated heterocycles. The second-order valence-corrected chi connectivity index (χ2v) is 7.93. The Balaban J connectivity index is 1.32. The summed E-state index contributed by atoms with van der Waals surface area (Å²) >= 11 is 0. The molecular weight excluding hydrogens is 366 g/mol. The number of benzene rings is 2. The predicted octanol–water partition coefficient (Wildman–Crippen LogP) is 2.01. The lowest BCUT2D eigenvalue weighted by Gasteiger charge is -2.47. The van der Waals surface area contributed by atoms with Crippen molar-refractivity contribution in [3.63, 3.8) is 0 Å². The van der Waals surface area contributed by atoms with Gasteiger partial charge in [0, 0.05) is 25.2 Å². The van der Waals surface area contributed by atoms with Gasteiger partial charge in [0.25, 0.3) is 5.91 Å². The minimum Gasteiger partial charge on any atom is -0.334 e. The first-order valence-corrected chi connectivity index (χ1v) is 10.2. The highest BCUT2D eigenvalue weighted by atomic mass is 16.2. The van der Waals surface area contributed by atoms with Gasteiger partial charge in [-0.1, -0.05) is 42.5 Å². The summed E-state index contributed by atoms with van der Waals surface area (Å²) in [6.45, 7) is 1.80. The third-order valence-electron chi connectivity index (χ3n) is 6.30. The molecule has 3 amide bonds. The molecule has 3 fully saturated rings. The Morgan fingerprint density at radius 3 is 2.17 bits per heavy atom. The molecule has 0 spiro atoms. The summed E-state index contributed by atoms with van der Waals surface area (Å²) in [6, 6.07) is 16.8. The number of fused-ring (bicyclic) bond motifs is 2. The van der Waals surface area contributed by atoms with E-state index in [1.165, 1.54) is 0 Å². The topological polar surface area (TPSA) is 60.9 Å². The highest BCUT2D eigenvalue weighted by Crippen LogP contribution is 2.29. The number of hydrogen-bond donors (Lipinski definition) is 0. The minimum atomic E-state index is -0.543. The van der Waals surface area contributed by atoms with Crippen molar-refractivity contribution in [1.29, 1.82) is 0 Å². The Morgan fingerprint density at radius 2 is 1.41 bits per heavy atom. The van der Waals surface area contributed by atoms with Crippen LogP contribution in [0.4, 0.5) is 0 Å². The molecule has 2 atom stereocenters. The molecule has 5 rings (SSSR count). The van der Waals surface area contributed by atoms with Crippen molar-refractivity contribution < 1.29 is 14.4 Å². The van der Waals surface area contributed by atoms with Gasteiger partial charge in [-0.3, -0.25) is 14.4 Å². The van der Waals surface area contributed by atoms with Crippen molar-refractivity contribution in [3.8, 4) is 11.1 Å². The summed E-state index contributed by atoms with van der Waals surface area (Å²) in [7, 11) is 0. The van der Waals surface area contributed by atoms with Crippen LogP contribution in [0.5, 0.6) is 0 Å². The number of piperazine rings is 2. The molecule has 3 heterocycles. The molecule has 29 heavy (non-hydrogen) atoms. The Kier molecular flexibility index (Phi) is 4.34. The number of hydrogen-bond acceptors (Lipinski definition) is 3. The fraction of sp³-hybridized carbons (Fsp3) is 0.348. The molecule has 0 radical (unpaired) electrons. The summed E-state index contributed by atoms with van der Waals surface area (Å²) in [4.78, 5) is 43.8. The average Bonchev–Trinajstić information content (AvgIpc) is 3.28. The van der Waals surface area contributed by atoms with Gasteiger partial charge in [0.15, 0.2) is 0 Å². The first-order valence-electron chi connectivity index (χ1n) is 10.2. The van der Waals surface area contributed by atoms with Gasteiger partial charge in [-0.15, -0.1) is 0 Å². The van der Waals surface area contributed by atoms with Crippen LogP contribution in [0.15, 0.2) is 54.6 Å².